The molecule has 1 atom stereocenters. The van der Waals surface area contributed by atoms with Crippen molar-refractivity contribution in [2.75, 3.05) is 20.6 Å². The Labute approximate surface area is 106 Å². The Bertz CT molecular complexity index is 589. The van der Waals surface area contributed by atoms with E-state index in [9.17, 15) is 0 Å². The van der Waals surface area contributed by atoms with Gasteiger partial charge in [-0.2, -0.15) is 5.10 Å². The molecular formula is C11H19N5S. The molecule has 17 heavy (non-hydrogen) atoms. The van der Waals surface area contributed by atoms with E-state index in [-0.39, 0.29) is 0 Å². The Balaban J connectivity index is 2.60. The van der Waals surface area contributed by atoms with Gasteiger partial charge in [0.15, 0.2) is 10.4 Å². The van der Waals surface area contributed by atoms with E-state index < -0.39 is 0 Å². The molecule has 0 fully saturated rings. The fourth-order valence-electron chi connectivity index (χ4n) is 2.35. The van der Waals surface area contributed by atoms with Crippen LogP contribution in [0.25, 0.3) is 11.2 Å². The Morgan fingerprint density at radius 2 is 2.12 bits per heavy atom. The molecule has 0 aliphatic heterocycles. The predicted octanol–water partition coefficient (Wildman–Crippen LogP) is 1.86. The second-order valence-electron chi connectivity index (χ2n) is 4.82. The minimum absolute atomic E-state index is 0.320. The van der Waals surface area contributed by atoms with Gasteiger partial charge in [0.05, 0.1) is 5.69 Å². The summed E-state index contributed by atoms with van der Waals surface area (Å²) in [6, 6.07) is 0.320. The van der Waals surface area contributed by atoms with Crippen LogP contribution in [0.3, 0.4) is 0 Å². The molecule has 5 nitrogen and oxygen atoms in total. The zero-order valence-corrected chi connectivity index (χ0v) is 11.8. The molecule has 0 aromatic carbocycles. The number of aryl methyl sites for hydroxylation is 2. The fraction of sp³-hybridized carbons (Fsp3) is 0.636. The molecule has 2 aromatic rings. The summed E-state index contributed by atoms with van der Waals surface area (Å²) in [6.45, 7) is 5.12. The van der Waals surface area contributed by atoms with E-state index in [0.717, 1.165) is 28.2 Å². The van der Waals surface area contributed by atoms with Gasteiger partial charge in [0.1, 0.15) is 5.52 Å². The molecule has 0 amide bonds. The number of aromatic amines is 1. The van der Waals surface area contributed by atoms with Crippen molar-refractivity contribution < 1.29 is 0 Å². The average molecular weight is 253 g/mol. The van der Waals surface area contributed by atoms with Crippen LogP contribution in [0.4, 0.5) is 0 Å². The number of hydrogen-bond donors (Lipinski definition) is 1. The zero-order chi connectivity index (χ0) is 12.7. The zero-order valence-electron chi connectivity index (χ0n) is 11.0. The number of nitrogens with zero attached hydrogens (tertiary/aromatic N) is 4. The Kier molecular flexibility index (Phi) is 3.09. The number of hydrogen-bond acceptors (Lipinski definition) is 3. The first kappa shape index (κ1) is 12.3. The third-order valence-electron chi connectivity index (χ3n) is 2.94. The number of H-pyrrole nitrogens is 1. The Morgan fingerprint density at radius 1 is 1.47 bits per heavy atom. The molecule has 2 heterocycles. The van der Waals surface area contributed by atoms with E-state index in [2.05, 4.69) is 40.6 Å². The molecule has 2 rings (SSSR count). The van der Waals surface area contributed by atoms with Crippen LogP contribution in [-0.4, -0.2) is 44.9 Å². The molecule has 0 spiro atoms. The molecule has 0 saturated heterocycles. The van der Waals surface area contributed by atoms with Gasteiger partial charge in [-0.25, -0.2) is 0 Å². The molecule has 6 heteroatoms. The van der Waals surface area contributed by atoms with E-state index in [1.54, 1.807) is 0 Å². The summed E-state index contributed by atoms with van der Waals surface area (Å²) in [5, 5.41) is 4.42. The summed E-state index contributed by atoms with van der Waals surface area (Å²) in [6.07, 6.45) is 0. The van der Waals surface area contributed by atoms with Gasteiger partial charge in [-0.3, -0.25) is 9.25 Å². The van der Waals surface area contributed by atoms with E-state index in [1.807, 2.05) is 18.7 Å². The number of rotatable bonds is 3. The molecule has 0 aliphatic rings. The Hall–Kier alpha value is -1.14. The summed E-state index contributed by atoms with van der Waals surface area (Å²) in [5.41, 5.74) is 3.11. The van der Waals surface area contributed by atoms with Crippen LogP contribution in [0.1, 0.15) is 18.7 Å². The molecule has 1 unspecified atom stereocenters. The van der Waals surface area contributed by atoms with Gasteiger partial charge in [0.2, 0.25) is 0 Å². The summed E-state index contributed by atoms with van der Waals surface area (Å²) >= 11 is 5.40. The van der Waals surface area contributed by atoms with Gasteiger partial charge >= 0.3 is 0 Å². The van der Waals surface area contributed by atoms with Crippen molar-refractivity contribution in [3.05, 3.63) is 10.5 Å². The standard InChI is InChI=1S/C11H19N5S/c1-7(6-14(3)4)16-10-9(12-11(16)17)8(2)13-15(10)5/h7H,6H2,1-5H3,(H,12,17). The third kappa shape index (κ3) is 2.02. The highest BCUT2D eigenvalue weighted by molar-refractivity contribution is 7.71. The first-order valence-electron chi connectivity index (χ1n) is 5.70. The van der Waals surface area contributed by atoms with Crippen LogP contribution in [0.5, 0.6) is 0 Å². The summed E-state index contributed by atoms with van der Waals surface area (Å²) in [7, 11) is 6.09. The number of likely N-dealkylation sites (N-methyl/N-ethyl adjacent to an activating group) is 1. The van der Waals surface area contributed by atoms with Crippen LogP contribution in [0.2, 0.25) is 0 Å². The molecule has 94 valence electrons. The third-order valence-corrected chi connectivity index (χ3v) is 3.24. The molecule has 1 N–H and O–H groups in total. The summed E-state index contributed by atoms with van der Waals surface area (Å²) in [4.78, 5) is 5.41. The van der Waals surface area contributed by atoms with Crippen molar-refractivity contribution >= 4 is 23.4 Å². The van der Waals surface area contributed by atoms with Crippen LogP contribution in [0, 0.1) is 11.7 Å². The second-order valence-corrected chi connectivity index (χ2v) is 5.21. The molecule has 0 aliphatic carbocycles. The number of nitrogens with one attached hydrogen (secondary N) is 1. The SMILES string of the molecule is Cc1nn(C)c2c1[nH]c(=S)n2C(C)CN(C)C. The summed E-state index contributed by atoms with van der Waals surface area (Å²) < 4.78 is 4.80. The average Bonchev–Trinajstić information content (AvgIpc) is 2.65. The van der Waals surface area contributed by atoms with Crippen molar-refractivity contribution in [3.8, 4) is 0 Å². The van der Waals surface area contributed by atoms with Crippen molar-refractivity contribution in [2.24, 2.45) is 7.05 Å². The molecule has 0 saturated carbocycles. The predicted molar refractivity (Wildman–Crippen MR) is 71.9 cm³/mol. The minimum atomic E-state index is 0.320. The quantitative estimate of drug-likeness (QED) is 0.849. The second kappa shape index (κ2) is 4.27. The van der Waals surface area contributed by atoms with Gasteiger partial charge in [0.25, 0.3) is 0 Å². The van der Waals surface area contributed by atoms with Gasteiger partial charge in [0, 0.05) is 19.6 Å². The van der Waals surface area contributed by atoms with Crippen molar-refractivity contribution in [3.63, 3.8) is 0 Å². The van der Waals surface area contributed by atoms with E-state index >= 15 is 0 Å². The van der Waals surface area contributed by atoms with Crippen molar-refractivity contribution in [1.82, 2.24) is 24.2 Å². The number of aromatic nitrogens is 4. The topological polar surface area (TPSA) is 41.8 Å². The highest BCUT2D eigenvalue weighted by Crippen LogP contribution is 2.21. The maximum Gasteiger partial charge on any atom is 0.179 e. The van der Waals surface area contributed by atoms with E-state index in [1.165, 1.54) is 0 Å². The van der Waals surface area contributed by atoms with Crippen LogP contribution in [-0.2, 0) is 7.05 Å². The monoisotopic (exact) mass is 253 g/mol. The van der Waals surface area contributed by atoms with E-state index in [4.69, 9.17) is 12.2 Å². The maximum atomic E-state index is 5.40. The minimum Gasteiger partial charge on any atom is -0.328 e. The van der Waals surface area contributed by atoms with Gasteiger partial charge in [-0.1, -0.05) is 0 Å². The van der Waals surface area contributed by atoms with Crippen LogP contribution in [0.15, 0.2) is 0 Å². The highest BCUT2D eigenvalue weighted by atomic mass is 32.1. The largest absolute Gasteiger partial charge is 0.328 e. The molecule has 0 radical (unpaired) electrons. The number of imidazole rings is 1. The van der Waals surface area contributed by atoms with Crippen molar-refractivity contribution in [1.29, 1.82) is 0 Å². The first-order chi connectivity index (χ1) is 7.91. The fourth-order valence-corrected chi connectivity index (χ4v) is 2.72. The lowest BCUT2D eigenvalue weighted by molar-refractivity contribution is 0.337. The normalized spacial score (nSPS) is 13.8. The van der Waals surface area contributed by atoms with Crippen molar-refractivity contribution in [2.45, 2.75) is 19.9 Å². The lowest BCUT2D eigenvalue weighted by Gasteiger charge is -2.18. The molecule has 2 aromatic heterocycles. The Morgan fingerprint density at radius 3 is 2.71 bits per heavy atom. The van der Waals surface area contributed by atoms with Gasteiger partial charge in [-0.05, 0) is 40.2 Å². The van der Waals surface area contributed by atoms with Gasteiger partial charge in [-0.15, -0.1) is 0 Å². The number of fused-ring (bicyclic) bond motifs is 1. The molecular weight excluding hydrogens is 234 g/mol. The maximum absolute atomic E-state index is 5.40. The lowest BCUT2D eigenvalue weighted by atomic mass is 10.3. The molecule has 0 bridgehead atoms. The van der Waals surface area contributed by atoms with E-state index in [0.29, 0.717) is 6.04 Å². The highest BCUT2D eigenvalue weighted by Gasteiger charge is 2.17. The lowest BCUT2D eigenvalue weighted by Crippen LogP contribution is -2.23. The van der Waals surface area contributed by atoms with Gasteiger partial charge < -0.3 is 9.88 Å². The summed E-state index contributed by atoms with van der Waals surface area (Å²) in [5.74, 6) is 0. The van der Waals surface area contributed by atoms with Crippen LogP contribution < -0.4 is 0 Å². The van der Waals surface area contributed by atoms with Crippen LogP contribution >= 0.6 is 12.2 Å². The first-order valence-corrected chi connectivity index (χ1v) is 6.11. The smallest absolute Gasteiger partial charge is 0.179 e.